The van der Waals surface area contributed by atoms with Gasteiger partial charge in [0.25, 0.3) is 0 Å². The number of hydrogen-bond acceptors (Lipinski definition) is 5. The van der Waals surface area contributed by atoms with Crippen molar-refractivity contribution < 1.29 is 4.21 Å². The van der Waals surface area contributed by atoms with Crippen LogP contribution in [0.25, 0.3) is 21.8 Å². The van der Waals surface area contributed by atoms with Gasteiger partial charge in [0, 0.05) is 18.0 Å². The Morgan fingerprint density at radius 3 is 2.62 bits per heavy atom. The van der Waals surface area contributed by atoms with Gasteiger partial charge in [0.2, 0.25) is 5.16 Å². The smallest absolute Gasteiger partial charge is 0.218 e. The van der Waals surface area contributed by atoms with Crippen molar-refractivity contribution >= 4 is 33.7 Å². The Morgan fingerprint density at radius 1 is 1.14 bits per heavy atom. The minimum absolute atomic E-state index is 0.302. The van der Waals surface area contributed by atoms with Gasteiger partial charge in [-0.25, -0.2) is 15.0 Å². The highest BCUT2D eigenvalue weighted by Gasteiger charge is 2.16. The molecule has 1 atom stereocenters. The molecule has 0 radical (unpaired) electrons. The SMILES string of the molecule is CS(=O)c1nccc(-c2sc(Cl)nc2-c2ccccc2)n1. The van der Waals surface area contributed by atoms with Gasteiger partial charge in [0.1, 0.15) is 0 Å². The molecule has 0 aliphatic rings. The van der Waals surface area contributed by atoms with Gasteiger partial charge in [0.05, 0.1) is 27.1 Å². The number of benzene rings is 1. The van der Waals surface area contributed by atoms with Crippen molar-refractivity contribution in [2.75, 3.05) is 6.26 Å². The molecule has 7 heteroatoms. The summed E-state index contributed by atoms with van der Waals surface area (Å²) >= 11 is 7.42. The predicted molar refractivity (Wildman–Crippen MR) is 85.9 cm³/mol. The van der Waals surface area contributed by atoms with E-state index >= 15 is 0 Å². The molecule has 1 aromatic carbocycles. The average molecular weight is 336 g/mol. The molecule has 21 heavy (non-hydrogen) atoms. The Morgan fingerprint density at radius 2 is 1.90 bits per heavy atom. The minimum Gasteiger partial charge on any atom is -0.251 e. The molecule has 3 aromatic rings. The Bertz CT molecular complexity index is 805. The zero-order valence-corrected chi connectivity index (χ0v) is 13.4. The minimum atomic E-state index is -1.23. The Kier molecular flexibility index (Phi) is 4.10. The van der Waals surface area contributed by atoms with Crippen LogP contribution in [0.1, 0.15) is 0 Å². The van der Waals surface area contributed by atoms with Crippen molar-refractivity contribution in [1.29, 1.82) is 0 Å². The van der Waals surface area contributed by atoms with Crippen LogP contribution in [0.5, 0.6) is 0 Å². The first-order chi connectivity index (χ1) is 10.1. The van der Waals surface area contributed by atoms with Gasteiger partial charge in [0.15, 0.2) is 4.47 Å². The Balaban J connectivity index is 2.15. The average Bonchev–Trinajstić information content (AvgIpc) is 2.90. The summed E-state index contributed by atoms with van der Waals surface area (Å²) < 4.78 is 12.0. The van der Waals surface area contributed by atoms with Gasteiger partial charge in [-0.1, -0.05) is 41.9 Å². The van der Waals surface area contributed by atoms with Gasteiger partial charge in [-0.05, 0) is 6.07 Å². The highest BCUT2D eigenvalue weighted by atomic mass is 35.5. The maximum atomic E-state index is 11.5. The number of aromatic nitrogens is 3. The number of nitrogens with zero attached hydrogens (tertiary/aromatic N) is 3. The number of halogens is 1. The molecule has 0 spiro atoms. The van der Waals surface area contributed by atoms with Crippen molar-refractivity contribution in [3.63, 3.8) is 0 Å². The summed E-state index contributed by atoms with van der Waals surface area (Å²) in [5.74, 6) is 0. The molecule has 2 heterocycles. The lowest BCUT2D eigenvalue weighted by atomic mass is 10.1. The first-order valence-electron chi connectivity index (χ1n) is 6.04. The lowest BCUT2D eigenvalue weighted by Gasteiger charge is -2.03. The molecule has 0 aliphatic heterocycles. The summed E-state index contributed by atoms with van der Waals surface area (Å²) in [6.07, 6.45) is 3.15. The van der Waals surface area contributed by atoms with Crippen molar-refractivity contribution in [3.05, 3.63) is 47.1 Å². The largest absolute Gasteiger partial charge is 0.251 e. The fourth-order valence-corrected chi connectivity index (χ4v) is 3.40. The zero-order valence-electron chi connectivity index (χ0n) is 11.0. The summed E-state index contributed by atoms with van der Waals surface area (Å²) in [7, 11) is -1.23. The molecule has 4 nitrogen and oxygen atoms in total. The summed E-state index contributed by atoms with van der Waals surface area (Å²) in [4.78, 5) is 13.6. The van der Waals surface area contributed by atoms with Crippen LogP contribution in [0.2, 0.25) is 4.47 Å². The predicted octanol–water partition coefficient (Wildman–Crippen LogP) is 3.66. The van der Waals surface area contributed by atoms with Crippen molar-refractivity contribution in [2.45, 2.75) is 5.16 Å². The molecule has 0 amide bonds. The molecule has 0 fully saturated rings. The van der Waals surface area contributed by atoms with Gasteiger partial charge in [-0.15, -0.1) is 11.3 Å². The lowest BCUT2D eigenvalue weighted by molar-refractivity contribution is 0.680. The van der Waals surface area contributed by atoms with E-state index in [1.165, 1.54) is 11.3 Å². The van der Waals surface area contributed by atoms with Crippen LogP contribution >= 0.6 is 22.9 Å². The molecule has 2 aromatic heterocycles. The molecule has 0 saturated carbocycles. The molecule has 0 bridgehead atoms. The monoisotopic (exact) mass is 335 g/mol. The standard InChI is InChI=1S/C14H10ClN3OS2/c1-21(19)14-16-8-7-10(17-14)12-11(18-13(15)20-12)9-5-3-2-4-6-9/h2-8H,1H3. The maximum absolute atomic E-state index is 11.5. The molecular weight excluding hydrogens is 326 g/mol. The van der Waals surface area contributed by atoms with E-state index in [-0.39, 0.29) is 0 Å². The summed E-state index contributed by atoms with van der Waals surface area (Å²) in [6.45, 7) is 0. The van der Waals surface area contributed by atoms with Gasteiger partial charge in [-0.3, -0.25) is 4.21 Å². The first-order valence-corrected chi connectivity index (χ1v) is 8.79. The van der Waals surface area contributed by atoms with E-state index in [1.54, 1.807) is 18.5 Å². The van der Waals surface area contributed by atoms with Gasteiger partial charge >= 0.3 is 0 Å². The summed E-state index contributed by atoms with van der Waals surface area (Å²) in [5.41, 5.74) is 2.42. The second kappa shape index (κ2) is 6.01. The molecule has 1 unspecified atom stereocenters. The molecule has 0 N–H and O–H groups in total. The van der Waals surface area contributed by atoms with E-state index in [2.05, 4.69) is 15.0 Å². The van der Waals surface area contributed by atoms with Gasteiger partial charge in [-0.2, -0.15) is 0 Å². The number of thiazole rings is 1. The third kappa shape index (κ3) is 3.02. The molecule has 0 saturated heterocycles. The van der Waals surface area contributed by atoms with Crippen molar-refractivity contribution in [1.82, 2.24) is 15.0 Å². The highest BCUT2D eigenvalue weighted by molar-refractivity contribution is 7.84. The van der Waals surface area contributed by atoms with Crippen LogP contribution in [-0.2, 0) is 10.8 Å². The summed E-state index contributed by atoms with van der Waals surface area (Å²) in [5, 5.41) is 0.302. The third-order valence-corrected chi connectivity index (χ3v) is 4.66. The first kappa shape index (κ1) is 14.3. The van der Waals surface area contributed by atoms with Gasteiger partial charge < -0.3 is 0 Å². The van der Waals surface area contributed by atoms with E-state index in [0.717, 1.165) is 16.1 Å². The van der Waals surface area contributed by atoms with Crippen LogP contribution in [0.3, 0.4) is 0 Å². The Hall–Kier alpha value is -1.63. The van der Waals surface area contributed by atoms with Crippen molar-refractivity contribution in [3.8, 4) is 21.8 Å². The van der Waals surface area contributed by atoms with Crippen LogP contribution in [0.4, 0.5) is 0 Å². The summed E-state index contributed by atoms with van der Waals surface area (Å²) in [6, 6.07) is 11.5. The van der Waals surface area contributed by atoms with Crippen LogP contribution in [0.15, 0.2) is 47.8 Å². The third-order valence-electron chi connectivity index (χ3n) is 2.77. The molecule has 3 rings (SSSR count). The number of hydrogen-bond donors (Lipinski definition) is 0. The topological polar surface area (TPSA) is 55.7 Å². The molecule has 106 valence electrons. The molecular formula is C14H10ClN3OS2. The van der Waals surface area contributed by atoms with Crippen LogP contribution in [-0.4, -0.2) is 25.4 Å². The fraction of sp³-hybridized carbons (Fsp3) is 0.0714. The van der Waals surface area contributed by atoms with E-state index in [9.17, 15) is 4.21 Å². The van der Waals surface area contributed by atoms with E-state index < -0.39 is 10.8 Å². The highest BCUT2D eigenvalue weighted by Crippen LogP contribution is 2.37. The van der Waals surface area contributed by atoms with E-state index in [4.69, 9.17) is 11.6 Å². The van der Waals surface area contributed by atoms with Crippen LogP contribution < -0.4 is 0 Å². The fourth-order valence-electron chi connectivity index (χ4n) is 1.87. The quantitative estimate of drug-likeness (QED) is 0.685. The molecule has 0 aliphatic carbocycles. The lowest BCUT2D eigenvalue weighted by Crippen LogP contribution is -1.97. The van der Waals surface area contributed by atoms with Crippen LogP contribution in [0, 0.1) is 0 Å². The Labute approximate surface area is 133 Å². The van der Waals surface area contributed by atoms with E-state index in [1.807, 2.05) is 30.3 Å². The number of rotatable bonds is 3. The zero-order chi connectivity index (χ0) is 14.8. The second-order valence-electron chi connectivity index (χ2n) is 4.19. The maximum Gasteiger partial charge on any atom is 0.218 e. The normalized spacial score (nSPS) is 12.3. The second-order valence-corrected chi connectivity index (χ2v) is 7.04. The van der Waals surface area contributed by atoms with E-state index in [0.29, 0.717) is 15.3 Å². The van der Waals surface area contributed by atoms with Crippen molar-refractivity contribution in [2.24, 2.45) is 0 Å².